The topological polar surface area (TPSA) is 71.5 Å². The van der Waals surface area contributed by atoms with E-state index in [1.54, 1.807) is 12.1 Å². The molecular weight excluding hydrogens is 362 g/mol. The Morgan fingerprint density at radius 1 is 1.19 bits per heavy atom. The molecule has 27 heavy (non-hydrogen) atoms. The number of ether oxygens (including phenoxy) is 1. The van der Waals surface area contributed by atoms with Gasteiger partial charge in [0.05, 0.1) is 12.0 Å². The second-order valence-corrected chi connectivity index (χ2v) is 8.64. The molecule has 0 amide bonds. The Hall–Kier alpha value is -2.12. The smallest absolute Gasteiger partial charge is 0.262 e. The van der Waals surface area contributed by atoms with Crippen LogP contribution in [0.2, 0.25) is 0 Å². The average molecular weight is 390 g/mol. The maximum absolute atomic E-state index is 12.8. The predicted octanol–water partition coefficient (Wildman–Crippen LogP) is 2.87. The number of benzene rings is 1. The molecule has 1 aliphatic heterocycles. The van der Waals surface area contributed by atoms with Crippen LogP contribution in [0.4, 0.5) is 5.69 Å². The Morgan fingerprint density at radius 3 is 2.56 bits per heavy atom. The van der Waals surface area contributed by atoms with Crippen molar-refractivity contribution in [3.05, 3.63) is 47.2 Å². The minimum Gasteiger partial charge on any atom is -0.479 e. The quantitative estimate of drug-likeness (QED) is 0.823. The van der Waals surface area contributed by atoms with Crippen LogP contribution in [0.3, 0.4) is 0 Å². The van der Waals surface area contributed by atoms with E-state index in [0.717, 1.165) is 55.6 Å². The molecule has 3 rings (SSSR count). The Bertz CT molecular complexity index is 895. The van der Waals surface area contributed by atoms with Crippen molar-refractivity contribution in [3.8, 4) is 5.88 Å². The highest BCUT2D eigenvalue weighted by Crippen LogP contribution is 2.29. The van der Waals surface area contributed by atoms with E-state index in [1.807, 2.05) is 18.2 Å². The van der Waals surface area contributed by atoms with Gasteiger partial charge in [-0.2, -0.15) is 0 Å². The van der Waals surface area contributed by atoms with Crippen LogP contribution in [-0.4, -0.2) is 45.5 Å². The fourth-order valence-electron chi connectivity index (χ4n) is 3.28. The molecule has 0 spiro atoms. The molecule has 1 aliphatic rings. The van der Waals surface area contributed by atoms with Crippen molar-refractivity contribution in [2.75, 3.05) is 32.0 Å². The highest BCUT2D eigenvalue weighted by Gasteiger charge is 2.21. The van der Waals surface area contributed by atoms with Gasteiger partial charge in [0, 0.05) is 25.2 Å². The number of nitrogens with one attached hydrogen (secondary N) is 1. The summed E-state index contributed by atoms with van der Waals surface area (Å²) in [6.45, 7) is 3.95. The van der Waals surface area contributed by atoms with Crippen LogP contribution in [0, 0.1) is 0 Å². The number of anilines is 1. The Balaban J connectivity index is 1.89. The van der Waals surface area contributed by atoms with E-state index in [1.165, 1.54) is 7.11 Å². The molecule has 1 aromatic carbocycles. The van der Waals surface area contributed by atoms with Gasteiger partial charge < -0.3 is 9.64 Å². The molecule has 7 heteroatoms. The first-order chi connectivity index (χ1) is 12.9. The average Bonchev–Trinajstić information content (AvgIpc) is 2.83. The molecule has 146 valence electrons. The minimum absolute atomic E-state index is 0.235. The Kier molecular flexibility index (Phi) is 6.01. The largest absolute Gasteiger partial charge is 0.479 e. The van der Waals surface area contributed by atoms with Gasteiger partial charge in [-0.3, -0.25) is 4.72 Å². The van der Waals surface area contributed by atoms with Crippen molar-refractivity contribution in [3.63, 3.8) is 0 Å². The van der Waals surface area contributed by atoms with Crippen molar-refractivity contribution < 1.29 is 13.2 Å². The molecular formula is C20H27N3O3S. The number of pyridine rings is 1. The van der Waals surface area contributed by atoms with Crippen molar-refractivity contribution in [1.29, 1.82) is 0 Å². The van der Waals surface area contributed by atoms with Crippen LogP contribution in [0.25, 0.3) is 0 Å². The monoisotopic (exact) mass is 389 g/mol. The lowest BCUT2D eigenvalue weighted by atomic mass is 10.1. The van der Waals surface area contributed by atoms with E-state index < -0.39 is 10.0 Å². The van der Waals surface area contributed by atoms with E-state index in [0.29, 0.717) is 11.6 Å². The number of likely N-dealkylation sites (N-methyl/N-ethyl adjacent to an activating group) is 1. The van der Waals surface area contributed by atoms with Crippen LogP contribution in [0.1, 0.15) is 30.2 Å². The minimum atomic E-state index is -3.70. The number of rotatable bonds is 6. The first-order valence-electron chi connectivity index (χ1n) is 9.30. The molecule has 0 fully saturated rings. The van der Waals surface area contributed by atoms with Crippen molar-refractivity contribution in [2.45, 2.75) is 37.5 Å². The summed E-state index contributed by atoms with van der Waals surface area (Å²) >= 11 is 0. The van der Waals surface area contributed by atoms with E-state index in [-0.39, 0.29) is 4.90 Å². The summed E-state index contributed by atoms with van der Waals surface area (Å²) in [5.74, 6) is 0.310. The fraction of sp³-hybridized carbons (Fsp3) is 0.450. The summed E-state index contributed by atoms with van der Waals surface area (Å²) in [6.07, 6.45) is 3.62. The van der Waals surface area contributed by atoms with Gasteiger partial charge >= 0.3 is 0 Å². The van der Waals surface area contributed by atoms with Crippen LogP contribution in [0.15, 0.2) is 35.2 Å². The third-order valence-corrected chi connectivity index (χ3v) is 6.24. The number of hydrogen-bond donors (Lipinski definition) is 1. The molecule has 1 aromatic heterocycles. The summed E-state index contributed by atoms with van der Waals surface area (Å²) in [5, 5.41) is 0. The number of hydrogen-bond acceptors (Lipinski definition) is 5. The molecule has 0 atom stereocenters. The van der Waals surface area contributed by atoms with Gasteiger partial charge in [0.15, 0.2) is 0 Å². The molecule has 0 bridgehead atoms. The normalized spacial score (nSPS) is 15.1. The van der Waals surface area contributed by atoms with Gasteiger partial charge in [-0.1, -0.05) is 25.5 Å². The van der Waals surface area contributed by atoms with Gasteiger partial charge in [-0.25, -0.2) is 13.4 Å². The summed E-state index contributed by atoms with van der Waals surface area (Å²) in [4.78, 5) is 7.05. The first-order valence-corrected chi connectivity index (χ1v) is 10.8. The lowest BCUT2D eigenvalue weighted by Crippen LogP contribution is -2.20. The van der Waals surface area contributed by atoms with Gasteiger partial charge in [0.2, 0.25) is 5.88 Å². The van der Waals surface area contributed by atoms with Crippen molar-refractivity contribution in [2.24, 2.45) is 0 Å². The second-order valence-electron chi connectivity index (χ2n) is 6.95. The van der Waals surface area contributed by atoms with E-state index in [4.69, 9.17) is 4.74 Å². The molecule has 2 aromatic rings. The molecule has 6 nitrogen and oxygen atoms in total. The highest BCUT2D eigenvalue weighted by molar-refractivity contribution is 7.92. The summed E-state index contributed by atoms with van der Waals surface area (Å²) in [7, 11) is -0.117. The molecule has 0 radical (unpaired) electrons. The molecule has 1 N–H and O–H groups in total. The number of sulfonamides is 1. The predicted molar refractivity (Wildman–Crippen MR) is 107 cm³/mol. The SMILES string of the molecule is CCCc1ccc(S(=O)(=O)Nc2cc3c(nc2OC)CCN(C)CC3)cc1. The molecule has 0 saturated carbocycles. The molecule has 0 unspecified atom stereocenters. The second kappa shape index (κ2) is 8.27. The van der Waals surface area contributed by atoms with Crippen LogP contribution in [-0.2, 0) is 29.3 Å². The zero-order valence-electron chi connectivity index (χ0n) is 16.2. The Labute approximate surface area is 161 Å². The fourth-order valence-corrected chi connectivity index (χ4v) is 4.33. The van der Waals surface area contributed by atoms with Gasteiger partial charge in [-0.15, -0.1) is 0 Å². The lowest BCUT2D eigenvalue weighted by Gasteiger charge is -2.15. The number of nitrogens with zero attached hydrogens (tertiary/aromatic N) is 2. The zero-order chi connectivity index (χ0) is 19.4. The third-order valence-electron chi connectivity index (χ3n) is 4.86. The summed E-state index contributed by atoms with van der Waals surface area (Å²) in [6, 6.07) is 8.88. The third kappa shape index (κ3) is 4.59. The standard InChI is InChI=1S/C20H27N3O3S/c1-4-5-15-6-8-17(9-7-15)27(24,25)22-19-14-16-10-12-23(2)13-11-18(16)21-20(19)26-3/h6-9,14,22H,4-5,10-13H2,1-3H3. The molecule has 0 saturated heterocycles. The van der Waals surface area contributed by atoms with Crippen molar-refractivity contribution >= 4 is 15.7 Å². The van der Waals surface area contributed by atoms with Gasteiger partial charge in [0.1, 0.15) is 5.69 Å². The van der Waals surface area contributed by atoms with Crippen molar-refractivity contribution in [1.82, 2.24) is 9.88 Å². The van der Waals surface area contributed by atoms with E-state index >= 15 is 0 Å². The van der Waals surface area contributed by atoms with Gasteiger partial charge in [0.25, 0.3) is 10.0 Å². The number of aromatic nitrogens is 1. The number of methoxy groups -OCH3 is 1. The maximum Gasteiger partial charge on any atom is 0.262 e. The van der Waals surface area contributed by atoms with Crippen LogP contribution >= 0.6 is 0 Å². The highest BCUT2D eigenvalue weighted by atomic mass is 32.2. The zero-order valence-corrected chi connectivity index (χ0v) is 17.0. The first kappa shape index (κ1) is 19.6. The Morgan fingerprint density at radius 2 is 1.89 bits per heavy atom. The maximum atomic E-state index is 12.8. The summed E-state index contributed by atoms with van der Waals surface area (Å²) in [5.41, 5.74) is 3.56. The van der Waals surface area contributed by atoms with Crippen LogP contribution in [0.5, 0.6) is 5.88 Å². The van der Waals surface area contributed by atoms with Crippen LogP contribution < -0.4 is 9.46 Å². The molecule has 2 heterocycles. The number of aryl methyl sites for hydroxylation is 1. The van der Waals surface area contributed by atoms with E-state index in [9.17, 15) is 8.42 Å². The van der Waals surface area contributed by atoms with Gasteiger partial charge in [-0.05, 0) is 49.2 Å². The van der Waals surface area contributed by atoms with E-state index in [2.05, 4.69) is 28.6 Å². The number of fused-ring (bicyclic) bond motifs is 1. The lowest BCUT2D eigenvalue weighted by molar-refractivity contribution is 0.351. The summed E-state index contributed by atoms with van der Waals surface area (Å²) < 4.78 is 33.7. The molecule has 0 aliphatic carbocycles.